The summed E-state index contributed by atoms with van der Waals surface area (Å²) in [5, 5.41) is 9.96. The normalized spacial score (nSPS) is 39.2. The van der Waals surface area contributed by atoms with Crippen LogP contribution < -0.4 is 0 Å². The minimum atomic E-state index is -0.392. The molecule has 1 heterocycles. The minimum Gasteiger partial charge on any atom is -0.454 e. The van der Waals surface area contributed by atoms with E-state index in [2.05, 4.69) is 6.58 Å². The highest BCUT2D eigenvalue weighted by molar-refractivity contribution is 5.91. The molecular formula is C15H20O3. The maximum absolute atomic E-state index is 11.6. The van der Waals surface area contributed by atoms with E-state index in [-0.39, 0.29) is 18.0 Å². The first kappa shape index (κ1) is 13.1. The highest BCUT2D eigenvalue weighted by Crippen LogP contribution is 2.33. The van der Waals surface area contributed by atoms with Crippen LogP contribution in [-0.2, 0) is 9.53 Å². The van der Waals surface area contributed by atoms with E-state index in [0.29, 0.717) is 12.0 Å². The monoisotopic (exact) mass is 248 g/mol. The number of carbonyl (C=O) groups is 1. The first-order valence-electron chi connectivity index (χ1n) is 6.41. The van der Waals surface area contributed by atoms with Crippen LogP contribution in [0.3, 0.4) is 0 Å². The number of aliphatic hydroxyl groups is 1. The van der Waals surface area contributed by atoms with E-state index < -0.39 is 6.10 Å². The molecule has 0 aromatic rings. The summed E-state index contributed by atoms with van der Waals surface area (Å²) in [4.78, 5) is 11.6. The zero-order valence-corrected chi connectivity index (χ0v) is 11.0. The Morgan fingerprint density at radius 3 is 2.89 bits per heavy atom. The fraction of sp³-hybridized carbons (Fsp3) is 0.533. The molecule has 3 atom stereocenters. The zero-order valence-electron chi connectivity index (χ0n) is 11.0. The van der Waals surface area contributed by atoms with Crippen LogP contribution >= 0.6 is 0 Å². The van der Waals surface area contributed by atoms with Gasteiger partial charge in [0.05, 0.1) is 6.10 Å². The molecule has 0 aromatic heterocycles. The number of aliphatic hydroxyl groups excluding tert-OH is 1. The summed E-state index contributed by atoms with van der Waals surface area (Å²) in [5.41, 5.74) is 2.67. The number of hydrogen-bond acceptors (Lipinski definition) is 3. The molecule has 1 aliphatic heterocycles. The van der Waals surface area contributed by atoms with E-state index in [1.54, 1.807) is 0 Å². The lowest BCUT2D eigenvalue weighted by atomic mass is 9.89. The van der Waals surface area contributed by atoms with Gasteiger partial charge in [-0.05, 0) is 44.8 Å². The van der Waals surface area contributed by atoms with E-state index in [4.69, 9.17) is 4.74 Å². The molecule has 0 amide bonds. The predicted molar refractivity (Wildman–Crippen MR) is 69.9 cm³/mol. The third-order valence-electron chi connectivity index (χ3n) is 3.83. The molecule has 3 heteroatoms. The van der Waals surface area contributed by atoms with Gasteiger partial charge in [-0.25, -0.2) is 4.79 Å². The summed E-state index contributed by atoms with van der Waals surface area (Å²) >= 11 is 0. The second-order valence-corrected chi connectivity index (χ2v) is 5.25. The number of esters is 1. The third kappa shape index (κ3) is 2.56. The highest BCUT2D eigenvalue weighted by atomic mass is 16.5. The Hall–Kier alpha value is -1.35. The van der Waals surface area contributed by atoms with Crippen molar-refractivity contribution in [3.8, 4) is 0 Å². The van der Waals surface area contributed by atoms with Crippen molar-refractivity contribution in [2.75, 3.05) is 0 Å². The van der Waals surface area contributed by atoms with Crippen molar-refractivity contribution in [1.82, 2.24) is 0 Å². The molecule has 3 nitrogen and oxygen atoms in total. The quantitative estimate of drug-likeness (QED) is 0.407. The van der Waals surface area contributed by atoms with E-state index >= 15 is 0 Å². The first-order valence-corrected chi connectivity index (χ1v) is 6.41. The average molecular weight is 248 g/mol. The molecule has 98 valence electrons. The molecule has 0 unspecified atom stereocenters. The lowest BCUT2D eigenvalue weighted by Crippen LogP contribution is -2.17. The van der Waals surface area contributed by atoms with Crippen molar-refractivity contribution < 1.29 is 14.6 Å². The third-order valence-corrected chi connectivity index (χ3v) is 3.83. The Balaban J connectivity index is 2.28. The SMILES string of the molecule is C=C1C(=O)O[C@H]2/C=C(\C)CC[C@H](O)/C(C)=C/C[C@@H]12. The van der Waals surface area contributed by atoms with Gasteiger partial charge in [0, 0.05) is 11.5 Å². The largest absolute Gasteiger partial charge is 0.454 e. The van der Waals surface area contributed by atoms with Crippen LogP contribution in [0.4, 0.5) is 0 Å². The van der Waals surface area contributed by atoms with Crippen LogP contribution in [0.5, 0.6) is 0 Å². The number of rotatable bonds is 0. The molecule has 1 fully saturated rings. The fourth-order valence-electron chi connectivity index (χ4n) is 2.46. The number of fused-ring (bicyclic) bond motifs is 1. The minimum absolute atomic E-state index is 0.00713. The van der Waals surface area contributed by atoms with Crippen LogP contribution in [0.15, 0.2) is 35.5 Å². The molecular weight excluding hydrogens is 228 g/mol. The smallest absolute Gasteiger partial charge is 0.334 e. The van der Waals surface area contributed by atoms with Gasteiger partial charge >= 0.3 is 5.97 Å². The second-order valence-electron chi connectivity index (χ2n) is 5.25. The van der Waals surface area contributed by atoms with Gasteiger partial charge in [-0.15, -0.1) is 0 Å². The Kier molecular flexibility index (Phi) is 3.71. The lowest BCUT2D eigenvalue weighted by molar-refractivity contribution is -0.137. The van der Waals surface area contributed by atoms with Crippen molar-refractivity contribution in [2.45, 2.75) is 45.3 Å². The van der Waals surface area contributed by atoms with Gasteiger partial charge < -0.3 is 9.84 Å². The Labute approximate surface area is 108 Å². The maximum atomic E-state index is 11.6. The van der Waals surface area contributed by atoms with Crippen LogP contribution in [0.25, 0.3) is 0 Å². The van der Waals surface area contributed by atoms with Crippen LogP contribution in [-0.4, -0.2) is 23.3 Å². The van der Waals surface area contributed by atoms with E-state index in [1.165, 1.54) is 0 Å². The molecule has 1 aliphatic carbocycles. The maximum Gasteiger partial charge on any atom is 0.334 e. The Bertz CT molecular complexity index is 431. The van der Waals surface area contributed by atoms with Crippen molar-refractivity contribution in [1.29, 1.82) is 0 Å². The molecule has 0 aromatic carbocycles. The van der Waals surface area contributed by atoms with Crippen LogP contribution in [0.2, 0.25) is 0 Å². The predicted octanol–water partition coefficient (Wildman–Crippen LogP) is 2.52. The standard InChI is InChI=1S/C15H20O3/c1-9-4-7-13(16)10(2)5-6-12-11(3)15(17)18-14(12)8-9/h5,8,12-14,16H,3-4,6-7H2,1-2H3/b9-8+,10-5+/t12-,13-,14-/m0/s1. The lowest BCUT2D eigenvalue weighted by Gasteiger charge is -2.18. The molecule has 0 saturated carbocycles. The van der Waals surface area contributed by atoms with Crippen molar-refractivity contribution in [2.24, 2.45) is 5.92 Å². The number of ether oxygens (including phenoxy) is 1. The molecule has 1 N–H and O–H groups in total. The fourth-order valence-corrected chi connectivity index (χ4v) is 2.46. The second kappa shape index (κ2) is 5.11. The van der Waals surface area contributed by atoms with Gasteiger partial charge in [0.15, 0.2) is 0 Å². The Morgan fingerprint density at radius 1 is 1.44 bits per heavy atom. The van der Waals surface area contributed by atoms with Crippen molar-refractivity contribution in [3.05, 3.63) is 35.5 Å². The van der Waals surface area contributed by atoms with E-state index in [1.807, 2.05) is 26.0 Å². The van der Waals surface area contributed by atoms with Gasteiger partial charge in [-0.1, -0.05) is 18.2 Å². The molecule has 2 aliphatic rings. The van der Waals surface area contributed by atoms with Crippen molar-refractivity contribution in [3.63, 3.8) is 0 Å². The van der Waals surface area contributed by atoms with Crippen molar-refractivity contribution >= 4 is 5.97 Å². The average Bonchev–Trinajstić information content (AvgIpc) is 2.58. The molecule has 0 radical (unpaired) electrons. The molecule has 0 bridgehead atoms. The zero-order chi connectivity index (χ0) is 13.3. The summed E-state index contributed by atoms with van der Waals surface area (Å²) in [7, 11) is 0. The van der Waals surface area contributed by atoms with Gasteiger partial charge in [0.1, 0.15) is 6.10 Å². The molecule has 0 spiro atoms. The van der Waals surface area contributed by atoms with Gasteiger partial charge in [-0.2, -0.15) is 0 Å². The molecule has 2 rings (SSSR count). The summed E-state index contributed by atoms with van der Waals surface area (Å²) in [6, 6.07) is 0. The number of carbonyl (C=O) groups excluding carboxylic acids is 1. The topological polar surface area (TPSA) is 46.5 Å². The first-order chi connectivity index (χ1) is 8.49. The number of hydrogen-bond donors (Lipinski definition) is 1. The molecule has 1 saturated heterocycles. The summed E-state index contributed by atoms with van der Waals surface area (Å²) in [6.07, 6.45) is 5.66. The summed E-state index contributed by atoms with van der Waals surface area (Å²) in [5.74, 6) is -0.285. The highest BCUT2D eigenvalue weighted by Gasteiger charge is 2.36. The van der Waals surface area contributed by atoms with E-state index in [9.17, 15) is 9.90 Å². The van der Waals surface area contributed by atoms with Gasteiger partial charge in [-0.3, -0.25) is 0 Å². The van der Waals surface area contributed by atoms with Crippen LogP contribution in [0, 0.1) is 5.92 Å². The van der Waals surface area contributed by atoms with Gasteiger partial charge in [0.2, 0.25) is 0 Å². The summed E-state index contributed by atoms with van der Waals surface area (Å²) in [6.45, 7) is 7.76. The van der Waals surface area contributed by atoms with Gasteiger partial charge in [0.25, 0.3) is 0 Å². The Morgan fingerprint density at radius 2 is 2.17 bits per heavy atom. The van der Waals surface area contributed by atoms with Crippen LogP contribution in [0.1, 0.15) is 33.1 Å². The number of allylic oxidation sites excluding steroid dienone is 2. The molecule has 18 heavy (non-hydrogen) atoms. The van der Waals surface area contributed by atoms with E-state index in [0.717, 1.165) is 24.0 Å². The summed E-state index contributed by atoms with van der Waals surface area (Å²) < 4.78 is 5.34.